The Hall–Kier alpha value is -2.06. The van der Waals surface area contributed by atoms with Gasteiger partial charge in [-0.1, -0.05) is 79.2 Å². The first-order chi connectivity index (χ1) is 18.1. The second-order valence-electron chi connectivity index (χ2n) is 10.3. The maximum atomic E-state index is 11.2. The Kier molecular flexibility index (Phi) is 10.3. The first kappa shape index (κ1) is 28.0. The van der Waals surface area contributed by atoms with Crippen molar-refractivity contribution in [3.63, 3.8) is 0 Å². The molecular formula is C31H42O6. The van der Waals surface area contributed by atoms with Crippen LogP contribution >= 0.6 is 0 Å². The van der Waals surface area contributed by atoms with E-state index in [2.05, 4.69) is 37.3 Å². The number of hydrogen-bond donors (Lipinski definition) is 2. The third kappa shape index (κ3) is 6.51. The highest BCUT2D eigenvalue weighted by Crippen LogP contribution is 2.51. The van der Waals surface area contributed by atoms with E-state index in [1.165, 1.54) is 0 Å². The minimum absolute atomic E-state index is 0.0101. The monoisotopic (exact) mass is 510 g/mol. The summed E-state index contributed by atoms with van der Waals surface area (Å²) in [4.78, 5) is 0. The van der Waals surface area contributed by atoms with Gasteiger partial charge in [0.25, 0.3) is 0 Å². The molecule has 0 aromatic heterocycles. The van der Waals surface area contributed by atoms with Gasteiger partial charge in [0.1, 0.15) is 6.79 Å². The average molecular weight is 511 g/mol. The second-order valence-corrected chi connectivity index (χ2v) is 10.3. The van der Waals surface area contributed by atoms with Crippen LogP contribution in [0.3, 0.4) is 0 Å². The van der Waals surface area contributed by atoms with Crippen molar-refractivity contribution < 1.29 is 29.2 Å². The first-order valence-electron chi connectivity index (χ1n) is 13.5. The van der Waals surface area contributed by atoms with Crippen molar-refractivity contribution in [1.29, 1.82) is 0 Å². The highest BCUT2D eigenvalue weighted by atomic mass is 16.7. The molecule has 2 N–H and O–H groups in total. The standard InChI is InChI=1S/C31H42O6/c1-4-24-25(15-16-32)27(33)17-26-28(24)29(35-18-22-11-7-5-8-12-22)21(2)30(31(26)37-20-34-3)36-19-23-13-9-6-10-14-23/h4-14,21,25-33H,15-20H2,1-3H3/b24-4+/t21-,25-,26-,27-,28+,29-,30-,31-/m1/s1. The number of ether oxygens (including phenoxy) is 4. The van der Waals surface area contributed by atoms with Crippen molar-refractivity contribution in [2.45, 2.75) is 64.3 Å². The maximum absolute atomic E-state index is 11.2. The van der Waals surface area contributed by atoms with Gasteiger partial charge in [0.05, 0.1) is 37.6 Å². The molecule has 2 fully saturated rings. The first-order valence-corrected chi connectivity index (χ1v) is 13.5. The molecule has 0 aliphatic heterocycles. The van der Waals surface area contributed by atoms with E-state index in [1.807, 2.05) is 43.3 Å². The van der Waals surface area contributed by atoms with Crippen LogP contribution in [-0.4, -0.2) is 55.1 Å². The molecule has 0 amide bonds. The molecule has 0 bridgehead atoms. The summed E-state index contributed by atoms with van der Waals surface area (Å²) in [6, 6.07) is 20.4. The van der Waals surface area contributed by atoms with Crippen molar-refractivity contribution in [3.05, 3.63) is 83.4 Å². The number of methoxy groups -OCH3 is 1. The van der Waals surface area contributed by atoms with Gasteiger partial charge >= 0.3 is 0 Å². The largest absolute Gasteiger partial charge is 0.396 e. The predicted octanol–water partition coefficient (Wildman–Crippen LogP) is 4.74. The van der Waals surface area contributed by atoms with E-state index in [0.29, 0.717) is 26.1 Å². The van der Waals surface area contributed by atoms with E-state index in [9.17, 15) is 10.2 Å². The Bertz CT molecular complexity index is 964. The van der Waals surface area contributed by atoms with Crippen LogP contribution < -0.4 is 0 Å². The SMILES string of the molecule is C/C=C1/[C@H]2[C@@H](C[C@@H](O)[C@@H]1CCO)[C@@H](OCOC)[C@H](OCc1ccccc1)[C@H](C)[C@H]2OCc1ccccc1. The average Bonchev–Trinajstić information content (AvgIpc) is 2.92. The molecular weight excluding hydrogens is 468 g/mol. The van der Waals surface area contributed by atoms with E-state index >= 15 is 0 Å². The van der Waals surface area contributed by atoms with E-state index in [4.69, 9.17) is 18.9 Å². The van der Waals surface area contributed by atoms with Crippen LogP contribution in [-0.2, 0) is 32.2 Å². The zero-order valence-electron chi connectivity index (χ0n) is 22.2. The fraction of sp³-hybridized carbons (Fsp3) is 0.548. The number of aliphatic hydroxyl groups is 2. The van der Waals surface area contributed by atoms with Crippen molar-refractivity contribution in [3.8, 4) is 0 Å². The molecule has 37 heavy (non-hydrogen) atoms. The van der Waals surface area contributed by atoms with E-state index in [1.54, 1.807) is 7.11 Å². The number of allylic oxidation sites excluding steroid dienone is 1. The lowest BCUT2D eigenvalue weighted by atomic mass is 9.57. The second kappa shape index (κ2) is 13.7. The van der Waals surface area contributed by atoms with Crippen molar-refractivity contribution in [1.82, 2.24) is 0 Å². The Morgan fingerprint density at radius 1 is 0.865 bits per heavy atom. The zero-order chi connectivity index (χ0) is 26.2. The molecule has 0 heterocycles. The van der Waals surface area contributed by atoms with Gasteiger partial charge in [-0.15, -0.1) is 0 Å². The fourth-order valence-corrected chi connectivity index (χ4v) is 6.44. The summed E-state index contributed by atoms with van der Waals surface area (Å²) >= 11 is 0. The molecule has 2 aromatic rings. The van der Waals surface area contributed by atoms with Gasteiger partial charge in [-0.2, -0.15) is 0 Å². The third-order valence-electron chi connectivity index (χ3n) is 8.11. The highest BCUT2D eigenvalue weighted by Gasteiger charge is 2.55. The van der Waals surface area contributed by atoms with Gasteiger partial charge in [0.2, 0.25) is 0 Å². The summed E-state index contributed by atoms with van der Waals surface area (Å²) < 4.78 is 25.0. The van der Waals surface area contributed by atoms with Crippen LogP contribution in [0.2, 0.25) is 0 Å². The van der Waals surface area contributed by atoms with Crippen LogP contribution in [0.15, 0.2) is 72.3 Å². The van der Waals surface area contributed by atoms with Gasteiger partial charge in [0.15, 0.2) is 0 Å². The van der Waals surface area contributed by atoms with Gasteiger partial charge < -0.3 is 29.2 Å². The Balaban J connectivity index is 1.67. The smallest absolute Gasteiger partial charge is 0.146 e. The van der Waals surface area contributed by atoms with Gasteiger partial charge in [-0.25, -0.2) is 0 Å². The van der Waals surface area contributed by atoms with E-state index in [-0.39, 0.29) is 55.4 Å². The molecule has 0 radical (unpaired) electrons. The molecule has 2 saturated carbocycles. The molecule has 8 atom stereocenters. The number of hydrogen-bond acceptors (Lipinski definition) is 6. The number of fused-ring (bicyclic) bond motifs is 1. The Morgan fingerprint density at radius 2 is 1.46 bits per heavy atom. The van der Waals surface area contributed by atoms with Crippen molar-refractivity contribution >= 4 is 0 Å². The van der Waals surface area contributed by atoms with Gasteiger partial charge in [-0.05, 0) is 36.8 Å². The fourth-order valence-electron chi connectivity index (χ4n) is 6.44. The highest BCUT2D eigenvalue weighted by molar-refractivity contribution is 5.23. The molecule has 2 aromatic carbocycles. The lowest BCUT2D eigenvalue weighted by Gasteiger charge is -2.55. The molecule has 6 nitrogen and oxygen atoms in total. The van der Waals surface area contributed by atoms with Crippen LogP contribution in [0, 0.1) is 23.7 Å². The summed E-state index contributed by atoms with van der Waals surface area (Å²) in [6.45, 7) is 5.37. The van der Waals surface area contributed by atoms with Crippen LogP contribution in [0.5, 0.6) is 0 Å². The molecule has 0 saturated heterocycles. The maximum Gasteiger partial charge on any atom is 0.146 e. The summed E-state index contributed by atoms with van der Waals surface area (Å²) in [7, 11) is 1.62. The quantitative estimate of drug-likeness (QED) is 0.336. The van der Waals surface area contributed by atoms with Crippen LogP contribution in [0.25, 0.3) is 0 Å². The molecule has 0 unspecified atom stereocenters. The lowest BCUT2D eigenvalue weighted by molar-refractivity contribution is -0.230. The molecule has 2 aliphatic rings. The number of aliphatic hydroxyl groups excluding tert-OH is 2. The van der Waals surface area contributed by atoms with E-state index < -0.39 is 6.10 Å². The summed E-state index contributed by atoms with van der Waals surface area (Å²) in [5.41, 5.74) is 3.37. The topological polar surface area (TPSA) is 77.4 Å². The molecule has 4 rings (SSSR count). The third-order valence-corrected chi connectivity index (χ3v) is 8.11. The minimum atomic E-state index is -0.564. The normalized spacial score (nSPS) is 32.8. The van der Waals surface area contributed by atoms with E-state index in [0.717, 1.165) is 16.7 Å². The summed E-state index contributed by atoms with van der Waals surface area (Å²) in [5, 5.41) is 21.0. The van der Waals surface area contributed by atoms with Crippen molar-refractivity contribution in [2.75, 3.05) is 20.5 Å². The van der Waals surface area contributed by atoms with Crippen molar-refractivity contribution in [2.24, 2.45) is 23.7 Å². The number of rotatable bonds is 11. The molecule has 0 spiro atoms. The zero-order valence-corrected chi connectivity index (χ0v) is 22.2. The predicted molar refractivity (Wildman–Crippen MR) is 143 cm³/mol. The summed E-state index contributed by atoms with van der Waals surface area (Å²) in [6.07, 6.45) is 2.01. The molecule has 2 aliphatic carbocycles. The van der Waals surface area contributed by atoms with Crippen LogP contribution in [0.4, 0.5) is 0 Å². The minimum Gasteiger partial charge on any atom is -0.396 e. The van der Waals surface area contributed by atoms with Gasteiger partial charge in [0, 0.05) is 31.5 Å². The Labute approximate surface area is 221 Å². The summed E-state index contributed by atoms with van der Waals surface area (Å²) in [5.74, 6) is -0.0437. The van der Waals surface area contributed by atoms with Gasteiger partial charge in [-0.3, -0.25) is 0 Å². The number of benzene rings is 2. The molecule has 6 heteroatoms. The Morgan fingerprint density at radius 3 is 2.00 bits per heavy atom. The van der Waals surface area contributed by atoms with Crippen LogP contribution in [0.1, 0.15) is 37.8 Å². The lowest BCUT2D eigenvalue weighted by Crippen LogP contribution is -2.61. The molecule has 202 valence electrons.